The van der Waals surface area contributed by atoms with Gasteiger partial charge in [-0.25, -0.2) is 0 Å². The van der Waals surface area contributed by atoms with E-state index in [0.717, 1.165) is 16.0 Å². The summed E-state index contributed by atoms with van der Waals surface area (Å²) in [6.45, 7) is 6.09. The lowest BCUT2D eigenvalue weighted by atomic mass is 10.1. The largest absolute Gasteiger partial charge is 0.288 e. The summed E-state index contributed by atoms with van der Waals surface area (Å²) in [5.41, 5.74) is 3.10. The zero-order valence-electron chi connectivity index (χ0n) is 9.70. The zero-order valence-corrected chi connectivity index (χ0v) is 10.5. The summed E-state index contributed by atoms with van der Waals surface area (Å²) in [4.78, 5) is 14.2. The first-order valence-electron chi connectivity index (χ1n) is 5.26. The Hall–Kier alpha value is -1.41. The molecule has 0 fully saturated rings. The van der Waals surface area contributed by atoms with Crippen molar-refractivity contribution in [3.05, 3.63) is 56.8 Å². The van der Waals surface area contributed by atoms with Gasteiger partial charge in [-0.3, -0.25) is 4.79 Å². The van der Waals surface area contributed by atoms with Crippen molar-refractivity contribution in [3.8, 4) is 0 Å². The molecule has 0 bridgehead atoms. The molecule has 1 heterocycles. The highest BCUT2D eigenvalue weighted by Gasteiger charge is 2.12. The number of hydrogen-bond acceptors (Lipinski definition) is 2. The molecule has 16 heavy (non-hydrogen) atoms. The zero-order chi connectivity index (χ0) is 11.7. The Morgan fingerprint density at radius 3 is 2.44 bits per heavy atom. The molecule has 0 N–H and O–H groups in total. The number of carbonyl (C=O) groups excluding carboxylic acids is 1. The Bertz CT molecular complexity index is 518. The van der Waals surface area contributed by atoms with Gasteiger partial charge in [0.25, 0.3) is 0 Å². The molecule has 2 rings (SSSR count). The summed E-state index contributed by atoms with van der Waals surface area (Å²) in [5.74, 6) is 0.130. The van der Waals surface area contributed by atoms with Crippen LogP contribution in [0.5, 0.6) is 0 Å². The van der Waals surface area contributed by atoms with Gasteiger partial charge in [-0.1, -0.05) is 23.8 Å². The van der Waals surface area contributed by atoms with Gasteiger partial charge in [0.05, 0.1) is 4.88 Å². The third-order valence-electron chi connectivity index (χ3n) is 2.67. The summed E-state index contributed by atoms with van der Waals surface area (Å²) < 4.78 is 0. The molecular weight excluding hydrogens is 216 g/mol. The average Bonchev–Trinajstić information content (AvgIpc) is 2.58. The van der Waals surface area contributed by atoms with E-state index in [0.29, 0.717) is 0 Å². The maximum absolute atomic E-state index is 12.2. The number of benzene rings is 1. The van der Waals surface area contributed by atoms with Crippen molar-refractivity contribution in [2.75, 3.05) is 0 Å². The van der Waals surface area contributed by atoms with Crippen LogP contribution in [0.3, 0.4) is 0 Å². The third kappa shape index (κ3) is 2.07. The van der Waals surface area contributed by atoms with Crippen molar-refractivity contribution in [1.82, 2.24) is 0 Å². The van der Waals surface area contributed by atoms with Gasteiger partial charge in [-0.15, -0.1) is 11.3 Å². The van der Waals surface area contributed by atoms with Crippen molar-refractivity contribution in [1.29, 1.82) is 0 Å². The molecule has 0 aliphatic rings. The van der Waals surface area contributed by atoms with Crippen molar-refractivity contribution in [2.24, 2.45) is 0 Å². The van der Waals surface area contributed by atoms with Gasteiger partial charge in [0, 0.05) is 10.4 Å². The summed E-state index contributed by atoms with van der Waals surface area (Å²) >= 11 is 1.57. The van der Waals surface area contributed by atoms with Crippen LogP contribution in [-0.2, 0) is 0 Å². The molecule has 0 atom stereocenters. The van der Waals surface area contributed by atoms with Crippen molar-refractivity contribution in [3.63, 3.8) is 0 Å². The Kier molecular flexibility index (Phi) is 2.92. The van der Waals surface area contributed by atoms with E-state index in [9.17, 15) is 4.79 Å². The monoisotopic (exact) mass is 230 g/mol. The summed E-state index contributed by atoms with van der Waals surface area (Å²) in [7, 11) is 0. The molecule has 1 aromatic carbocycles. The Morgan fingerprint density at radius 1 is 1.12 bits per heavy atom. The fraction of sp³-hybridized carbons (Fsp3) is 0.214. The van der Waals surface area contributed by atoms with Gasteiger partial charge < -0.3 is 0 Å². The lowest BCUT2D eigenvalue weighted by Gasteiger charge is -1.99. The normalized spacial score (nSPS) is 10.4. The minimum Gasteiger partial charge on any atom is -0.288 e. The second-order valence-electron chi connectivity index (χ2n) is 4.05. The highest BCUT2D eigenvalue weighted by molar-refractivity contribution is 7.14. The summed E-state index contributed by atoms with van der Waals surface area (Å²) in [5, 5.41) is 0. The molecule has 0 radical (unpaired) electrons. The quantitative estimate of drug-likeness (QED) is 0.715. The number of carbonyl (C=O) groups is 1. The maximum Gasteiger partial charge on any atom is 0.202 e. The van der Waals surface area contributed by atoms with Crippen LogP contribution < -0.4 is 0 Å². The van der Waals surface area contributed by atoms with E-state index in [1.165, 1.54) is 10.4 Å². The van der Waals surface area contributed by atoms with Crippen LogP contribution >= 0.6 is 11.3 Å². The molecule has 0 aliphatic heterocycles. The molecule has 0 amide bonds. The van der Waals surface area contributed by atoms with E-state index in [1.54, 1.807) is 11.3 Å². The molecular formula is C14H14OS. The fourth-order valence-corrected chi connectivity index (χ4v) is 2.61. The van der Waals surface area contributed by atoms with Crippen LogP contribution in [0.15, 0.2) is 30.3 Å². The van der Waals surface area contributed by atoms with E-state index < -0.39 is 0 Å². The Balaban J connectivity index is 2.39. The van der Waals surface area contributed by atoms with E-state index in [4.69, 9.17) is 0 Å². The van der Waals surface area contributed by atoms with Crippen molar-refractivity contribution < 1.29 is 4.79 Å². The number of aryl methyl sites for hydroxylation is 3. The van der Waals surface area contributed by atoms with Crippen LogP contribution in [0.2, 0.25) is 0 Å². The van der Waals surface area contributed by atoms with E-state index in [2.05, 4.69) is 0 Å². The number of ketones is 1. The Labute approximate surface area is 99.8 Å². The SMILES string of the molecule is Cc1cccc(C(=O)c2cc(C)c(C)s2)c1. The first-order valence-corrected chi connectivity index (χ1v) is 6.08. The standard InChI is InChI=1S/C14H14OS/c1-9-5-4-6-12(7-9)14(15)13-8-10(2)11(3)16-13/h4-8H,1-3H3. The predicted molar refractivity (Wildman–Crippen MR) is 68.4 cm³/mol. The summed E-state index contributed by atoms with van der Waals surface area (Å²) in [6, 6.07) is 9.72. The molecule has 0 aliphatic carbocycles. The lowest BCUT2D eigenvalue weighted by Crippen LogP contribution is -1.98. The van der Waals surface area contributed by atoms with Crippen LogP contribution in [0.1, 0.15) is 31.2 Å². The first-order chi connectivity index (χ1) is 7.58. The maximum atomic E-state index is 12.2. The smallest absolute Gasteiger partial charge is 0.202 e. The summed E-state index contributed by atoms with van der Waals surface area (Å²) in [6.07, 6.45) is 0. The van der Waals surface area contributed by atoms with E-state index >= 15 is 0 Å². The topological polar surface area (TPSA) is 17.1 Å². The highest BCUT2D eigenvalue weighted by Crippen LogP contribution is 2.23. The molecule has 0 spiro atoms. The van der Waals surface area contributed by atoms with Crippen LogP contribution in [0.25, 0.3) is 0 Å². The second-order valence-corrected chi connectivity index (χ2v) is 5.30. The lowest BCUT2D eigenvalue weighted by molar-refractivity contribution is 0.104. The van der Waals surface area contributed by atoms with Gasteiger partial charge in [0.2, 0.25) is 5.78 Å². The van der Waals surface area contributed by atoms with Crippen LogP contribution in [0, 0.1) is 20.8 Å². The third-order valence-corrected chi connectivity index (χ3v) is 3.82. The van der Waals surface area contributed by atoms with Gasteiger partial charge in [0.1, 0.15) is 0 Å². The van der Waals surface area contributed by atoms with Crippen LogP contribution in [-0.4, -0.2) is 5.78 Å². The molecule has 0 saturated carbocycles. The van der Waals surface area contributed by atoms with Gasteiger partial charge in [0.15, 0.2) is 0 Å². The molecule has 2 heteroatoms. The minimum atomic E-state index is 0.130. The molecule has 0 unspecified atom stereocenters. The van der Waals surface area contributed by atoms with E-state index in [-0.39, 0.29) is 5.78 Å². The molecule has 1 aromatic heterocycles. The second kappa shape index (κ2) is 4.22. The fourth-order valence-electron chi connectivity index (χ4n) is 1.61. The van der Waals surface area contributed by atoms with Gasteiger partial charge in [-0.2, -0.15) is 0 Å². The van der Waals surface area contributed by atoms with E-state index in [1.807, 2.05) is 51.1 Å². The first kappa shape index (κ1) is 11.1. The average molecular weight is 230 g/mol. The number of rotatable bonds is 2. The molecule has 0 saturated heterocycles. The molecule has 1 nitrogen and oxygen atoms in total. The van der Waals surface area contributed by atoms with Gasteiger partial charge in [-0.05, 0) is 38.5 Å². The van der Waals surface area contributed by atoms with Crippen molar-refractivity contribution >= 4 is 17.1 Å². The predicted octanol–water partition coefficient (Wildman–Crippen LogP) is 3.90. The molecule has 82 valence electrons. The van der Waals surface area contributed by atoms with Gasteiger partial charge >= 0.3 is 0 Å². The number of hydrogen-bond donors (Lipinski definition) is 0. The van der Waals surface area contributed by atoms with Crippen molar-refractivity contribution in [2.45, 2.75) is 20.8 Å². The molecule has 2 aromatic rings. The number of thiophene rings is 1. The Morgan fingerprint density at radius 2 is 1.88 bits per heavy atom. The minimum absolute atomic E-state index is 0.130. The highest BCUT2D eigenvalue weighted by atomic mass is 32.1. The van der Waals surface area contributed by atoms with Crippen LogP contribution in [0.4, 0.5) is 0 Å².